The average Bonchev–Trinajstić information content (AvgIpc) is 2.90. The molecule has 0 radical (unpaired) electrons. The maximum atomic E-state index is 12.0. The molecule has 2 rings (SSSR count). The zero-order valence-electron chi connectivity index (χ0n) is 11.2. The van der Waals surface area contributed by atoms with Crippen LogP contribution < -0.4 is 5.32 Å². The quantitative estimate of drug-likeness (QED) is 0.654. The Morgan fingerprint density at radius 1 is 1.29 bits per heavy atom. The lowest BCUT2D eigenvalue weighted by Crippen LogP contribution is -2.24. The fourth-order valence-electron chi connectivity index (χ4n) is 2.24. The standard InChI is InChI=1S/C14H15Cl2NO3S/c15-12-7-11(8-13(9-12)21(16,19)20)14(18)17-6-5-10-3-1-2-4-10/h3,7-9H,1-2,4-6H2,(H,17,18). The van der Waals surface area contributed by atoms with Gasteiger partial charge in [-0.1, -0.05) is 23.3 Å². The van der Waals surface area contributed by atoms with E-state index in [2.05, 4.69) is 11.4 Å². The zero-order chi connectivity index (χ0) is 15.5. The molecule has 0 bridgehead atoms. The third kappa shape index (κ3) is 4.73. The van der Waals surface area contributed by atoms with E-state index in [1.165, 1.54) is 30.2 Å². The Bertz CT molecular complexity index is 683. The fourth-order valence-corrected chi connectivity index (χ4v) is 3.34. The number of allylic oxidation sites excluding steroid dienone is 1. The van der Waals surface area contributed by atoms with E-state index in [0.29, 0.717) is 6.54 Å². The molecular formula is C14H15Cl2NO3S. The number of halogens is 2. The average molecular weight is 348 g/mol. The van der Waals surface area contributed by atoms with Gasteiger partial charge in [0.25, 0.3) is 15.0 Å². The minimum atomic E-state index is -3.92. The molecule has 21 heavy (non-hydrogen) atoms. The summed E-state index contributed by atoms with van der Waals surface area (Å²) in [5, 5.41) is 2.91. The summed E-state index contributed by atoms with van der Waals surface area (Å²) < 4.78 is 22.6. The number of carbonyl (C=O) groups excluding carboxylic acids is 1. The van der Waals surface area contributed by atoms with Crippen molar-refractivity contribution in [1.82, 2.24) is 5.32 Å². The third-order valence-electron chi connectivity index (χ3n) is 3.28. The number of nitrogens with one attached hydrogen (secondary N) is 1. The summed E-state index contributed by atoms with van der Waals surface area (Å²) in [6.45, 7) is 0.514. The van der Waals surface area contributed by atoms with Gasteiger partial charge in [-0.2, -0.15) is 0 Å². The second-order valence-electron chi connectivity index (χ2n) is 4.87. The molecule has 0 heterocycles. The molecule has 1 aromatic rings. The maximum Gasteiger partial charge on any atom is 0.261 e. The summed E-state index contributed by atoms with van der Waals surface area (Å²) in [5.74, 6) is -0.363. The van der Waals surface area contributed by atoms with Crippen LogP contribution in [0.1, 0.15) is 36.0 Å². The first kappa shape index (κ1) is 16.3. The minimum Gasteiger partial charge on any atom is -0.352 e. The Morgan fingerprint density at radius 3 is 2.67 bits per heavy atom. The van der Waals surface area contributed by atoms with Gasteiger partial charge in [-0.3, -0.25) is 4.79 Å². The van der Waals surface area contributed by atoms with E-state index in [1.54, 1.807) is 0 Å². The van der Waals surface area contributed by atoms with E-state index in [4.69, 9.17) is 22.3 Å². The summed E-state index contributed by atoms with van der Waals surface area (Å²) in [6, 6.07) is 3.85. The molecule has 0 atom stereocenters. The van der Waals surface area contributed by atoms with Crippen molar-refractivity contribution in [2.45, 2.75) is 30.6 Å². The SMILES string of the molecule is O=C(NCCC1=CCCC1)c1cc(Cl)cc(S(=O)(=O)Cl)c1. The second-order valence-corrected chi connectivity index (χ2v) is 7.88. The van der Waals surface area contributed by atoms with E-state index >= 15 is 0 Å². The third-order valence-corrected chi connectivity index (χ3v) is 4.83. The van der Waals surface area contributed by atoms with Crippen molar-refractivity contribution in [3.05, 3.63) is 40.4 Å². The van der Waals surface area contributed by atoms with Crippen molar-refractivity contribution in [2.75, 3.05) is 6.54 Å². The monoisotopic (exact) mass is 347 g/mol. The van der Waals surface area contributed by atoms with Crippen molar-refractivity contribution in [3.8, 4) is 0 Å². The van der Waals surface area contributed by atoms with Crippen LogP contribution in [0.2, 0.25) is 5.02 Å². The first-order valence-corrected chi connectivity index (χ1v) is 9.26. The highest BCUT2D eigenvalue weighted by Gasteiger charge is 2.15. The van der Waals surface area contributed by atoms with Gasteiger partial charge >= 0.3 is 0 Å². The van der Waals surface area contributed by atoms with Crippen molar-refractivity contribution in [3.63, 3.8) is 0 Å². The molecule has 4 nitrogen and oxygen atoms in total. The molecule has 0 aromatic heterocycles. The van der Waals surface area contributed by atoms with Crippen LogP contribution in [-0.2, 0) is 9.05 Å². The van der Waals surface area contributed by atoms with E-state index in [9.17, 15) is 13.2 Å². The van der Waals surface area contributed by atoms with Crippen molar-refractivity contribution < 1.29 is 13.2 Å². The molecule has 7 heteroatoms. The van der Waals surface area contributed by atoms with Crippen LogP contribution in [0.25, 0.3) is 0 Å². The van der Waals surface area contributed by atoms with Crippen LogP contribution in [0.15, 0.2) is 34.7 Å². The lowest BCUT2D eigenvalue weighted by Gasteiger charge is -2.07. The lowest BCUT2D eigenvalue weighted by molar-refractivity contribution is 0.0954. The predicted octanol–water partition coefficient (Wildman–Crippen LogP) is 3.50. The minimum absolute atomic E-state index is 0.153. The second kappa shape index (κ2) is 6.81. The Balaban J connectivity index is 2.03. The normalized spacial score (nSPS) is 14.9. The van der Waals surface area contributed by atoms with E-state index < -0.39 is 9.05 Å². The number of amides is 1. The molecule has 114 valence electrons. The summed E-state index contributed by atoms with van der Waals surface area (Å²) in [7, 11) is 1.36. The molecule has 1 aromatic carbocycles. The van der Waals surface area contributed by atoms with E-state index in [-0.39, 0.29) is 21.4 Å². The Labute approximate surface area is 133 Å². The smallest absolute Gasteiger partial charge is 0.261 e. The number of hydrogen-bond acceptors (Lipinski definition) is 3. The Hall–Kier alpha value is -1.04. The Kier molecular flexibility index (Phi) is 5.30. The van der Waals surface area contributed by atoms with Crippen LogP contribution >= 0.6 is 22.3 Å². The molecule has 1 aliphatic carbocycles. The number of carbonyl (C=O) groups is 1. The first-order valence-electron chi connectivity index (χ1n) is 6.57. The van der Waals surface area contributed by atoms with Gasteiger partial charge in [0, 0.05) is 27.8 Å². The summed E-state index contributed by atoms with van der Waals surface area (Å²) >= 11 is 5.83. The molecule has 1 aliphatic rings. The van der Waals surface area contributed by atoms with Crippen LogP contribution in [-0.4, -0.2) is 20.9 Å². The van der Waals surface area contributed by atoms with Gasteiger partial charge in [-0.05, 0) is 43.9 Å². The molecule has 0 saturated heterocycles. The summed E-state index contributed by atoms with van der Waals surface area (Å²) in [6.07, 6.45) is 6.38. The van der Waals surface area contributed by atoms with Crippen molar-refractivity contribution >= 4 is 37.2 Å². The molecule has 0 aliphatic heterocycles. The van der Waals surface area contributed by atoms with Crippen molar-refractivity contribution in [1.29, 1.82) is 0 Å². The largest absolute Gasteiger partial charge is 0.352 e. The molecule has 0 saturated carbocycles. The van der Waals surface area contributed by atoms with Gasteiger partial charge in [-0.25, -0.2) is 8.42 Å². The summed E-state index contributed by atoms with van der Waals surface area (Å²) in [5.41, 5.74) is 1.53. The highest BCUT2D eigenvalue weighted by Crippen LogP contribution is 2.22. The van der Waals surface area contributed by atoms with Gasteiger partial charge in [-0.15, -0.1) is 0 Å². The van der Waals surface area contributed by atoms with Crippen LogP contribution in [0, 0.1) is 0 Å². The lowest BCUT2D eigenvalue weighted by atomic mass is 10.1. The van der Waals surface area contributed by atoms with Gasteiger partial charge in [0.1, 0.15) is 0 Å². The molecule has 0 unspecified atom stereocenters. The molecule has 0 spiro atoms. The zero-order valence-corrected chi connectivity index (χ0v) is 13.6. The van der Waals surface area contributed by atoms with Crippen LogP contribution in [0.3, 0.4) is 0 Å². The number of benzene rings is 1. The van der Waals surface area contributed by atoms with Crippen LogP contribution in [0.5, 0.6) is 0 Å². The highest BCUT2D eigenvalue weighted by atomic mass is 35.7. The van der Waals surface area contributed by atoms with Crippen LogP contribution in [0.4, 0.5) is 0 Å². The first-order chi connectivity index (χ1) is 9.86. The van der Waals surface area contributed by atoms with Gasteiger partial charge < -0.3 is 5.32 Å². The van der Waals surface area contributed by atoms with Gasteiger partial charge in [0.2, 0.25) is 0 Å². The van der Waals surface area contributed by atoms with E-state index in [0.717, 1.165) is 19.3 Å². The highest BCUT2D eigenvalue weighted by molar-refractivity contribution is 8.13. The molecule has 1 amide bonds. The number of hydrogen-bond donors (Lipinski definition) is 1. The van der Waals surface area contributed by atoms with Gasteiger partial charge in [0.15, 0.2) is 0 Å². The molecule has 1 N–H and O–H groups in total. The molecular weight excluding hydrogens is 333 g/mol. The van der Waals surface area contributed by atoms with Gasteiger partial charge in [0.05, 0.1) is 4.90 Å². The predicted molar refractivity (Wildman–Crippen MR) is 83.4 cm³/mol. The topological polar surface area (TPSA) is 63.2 Å². The molecule has 0 fully saturated rings. The van der Waals surface area contributed by atoms with Crippen molar-refractivity contribution in [2.24, 2.45) is 0 Å². The summed E-state index contributed by atoms with van der Waals surface area (Å²) in [4.78, 5) is 11.8. The van der Waals surface area contributed by atoms with E-state index in [1.807, 2.05) is 0 Å². The maximum absolute atomic E-state index is 12.0. The fraction of sp³-hybridized carbons (Fsp3) is 0.357. The Morgan fingerprint density at radius 2 is 2.05 bits per heavy atom. The number of rotatable bonds is 5.